The van der Waals surface area contributed by atoms with E-state index in [1.807, 2.05) is 0 Å². The predicted octanol–water partition coefficient (Wildman–Crippen LogP) is 2.72. The van der Waals surface area contributed by atoms with Crippen LogP contribution in [-0.2, 0) is 11.2 Å². The van der Waals surface area contributed by atoms with Gasteiger partial charge in [0.05, 0.1) is 4.47 Å². The van der Waals surface area contributed by atoms with Gasteiger partial charge in [-0.1, -0.05) is 12.1 Å². The van der Waals surface area contributed by atoms with Crippen molar-refractivity contribution in [1.82, 2.24) is 0 Å². The van der Waals surface area contributed by atoms with E-state index in [1.165, 1.54) is 13.0 Å². The van der Waals surface area contributed by atoms with Gasteiger partial charge in [-0.25, -0.2) is 4.39 Å². The van der Waals surface area contributed by atoms with Gasteiger partial charge in [0, 0.05) is 6.42 Å². The van der Waals surface area contributed by atoms with Crippen LogP contribution in [-0.4, -0.2) is 5.78 Å². The molecule has 0 aliphatic rings. The van der Waals surface area contributed by atoms with Crippen molar-refractivity contribution in [3.63, 3.8) is 0 Å². The fourth-order valence-electron chi connectivity index (χ4n) is 0.953. The molecule has 1 nitrogen and oxygen atoms in total. The van der Waals surface area contributed by atoms with Crippen molar-refractivity contribution >= 4 is 21.7 Å². The van der Waals surface area contributed by atoms with Gasteiger partial charge >= 0.3 is 0 Å². The molecule has 0 saturated carbocycles. The molecule has 0 aliphatic heterocycles. The Kier molecular flexibility index (Phi) is 2.98. The van der Waals surface area contributed by atoms with Gasteiger partial charge in [0.2, 0.25) is 0 Å². The Balaban J connectivity index is 3.00. The molecule has 3 heteroatoms. The van der Waals surface area contributed by atoms with E-state index in [-0.39, 0.29) is 18.0 Å². The molecule has 0 spiro atoms. The van der Waals surface area contributed by atoms with Crippen LogP contribution in [0.2, 0.25) is 0 Å². The maximum atomic E-state index is 12.9. The first-order chi connectivity index (χ1) is 5.61. The third-order valence-electron chi connectivity index (χ3n) is 1.47. The summed E-state index contributed by atoms with van der Waals surface area (Å²) in [4.78, 5) is 10.7. The molecule has 0 atom stereocenters. The largest absolute Gasteiger partial charge is 0.300 e. The number of hydrogen-bond acceptors (Lipinski definition) is 1. The maximum Gasteiger partial charge on any atom is 0.137 e. The number of hydrogen-bond donors (Lipinski definition) is 0. The zero-order valence-corrected chi connectivity index (χ0v) is 8.19. The van der Waals surface area contributed by atoms with E-state index < -0.39 is 0 Å². The number of rotatable bonds is 2. The lowest BCUT2D eigenvalue weighted by atomic mass is 10.1. The van der Waals surface area contributed by atoms with Crippen molar-refractivity contribution in [2.24, 2.45) is 0 Å². The molecule has 0 bridgehead atoms. The van der Waals surface area contributed by atoms with Crippen LogP contribution < -0.4 is 0 Å². The summed E-state index contributed by atoms with van der Waals surface area (Å²) in [6, 6.07) is 4.68. The minimum absolute atomic E-state index is 0.0290. The third kappa shape index (κ3) is 2.14. The van der Waals surface area contributed by atoms with Crippen LogP contribution in [0.4, 0.5) is 4.39 Å². The summed E-state index contributed by atoms with van der Waals surface area (Å²) in [5, 5.41) is 0. The van der Waals surface area contributed by atoms with Crippen LogP contribution >= 0.6 is 15.9 Å². The van der Waals surface area contributed by atoms with E-state index in [2.05, 4.69) is 15.9 Å². The molecule has 0 radical (unpaired) electrons. The Morgan fingerprint density at radius 3 is 2.83 bits per heavy atom. The number of halogens is 2. The number of Topliss-reactive ketones (excluding diaryl/α,β-unsaturated/α-hetero) is 1. The third-order valence-corrected chi connectivity index (χ3v) is 2.36. The molecular formula is C9H8BrFO. The van der Waals surface area contributed by atoms with Crippen molar-refractivity contribution < 1.29 is 9.18 Å². The Morgan fingerprint density at radius 2 is 2.25 bits per heavy atom. The molecule has 64 valence electrons. The molecule has 0 aromatic heterocycles. The summed E-state index contributed by atoms with van der Waals surface area (Å²) >= 11 is 3.08. The van der Waals surface area contributed by atoms with E-state index in [9.17, 15) is 9.18 Å². The average Bonchev–Trinajstić information content (AvgIpc) is 1.98. The second-order valence-electron chi connectivity index (χ2n) is 2.59. The standard InChI is InChI=1S/C9H8BrFO/c1-6(12)5-7-3-2-4-8(11)9(7)10/h2-4H,5H2,1H3. The monoisotopic (exact) mass is 230 g/mol. The number of ketones is 1. The minimum Gasteiger partial charge on any atom is -0.300 e. The highest BCUT2D eigenvalue weighted by atomic mass is 79.9. The van der Waals surface area contributed by atoms with Crippen LogP contribution in [0, 0.1) is 5.82 Å². The number of carbonyl (C=O) groups excluding carboxylic acids is 1. The normalized spacial score (nSPS) is 9.92. The molecule has 0 amide bonds. The minimum atomic E-state index is -0.325. The van der Waals surface area contributed by atoms with Crippen molar-refractivity contribution in [3.05, 3.63) is 34.1 Å². The first kappa shape index (κ1) is 9.39. The lowest BCUT2D eigenvalue weighted by Gasteiger charge is -2.01. The molecule has 12 heavy (non-hydrogen) atoms. The molecule has 0 N–H and O–H groups in total. The average molecular weight is 231 g/mol. The predicted molar refractivity (Wildman–Crippen MR) is 48.5 cm³/mol. The van der Waals surface area contributed by atoms with Gasteiger partial charge in [0.1, 0.15) is 11.6 Å². The van der Waals surface area contributed by atoms with Gasteiger partial charge in [-0.2, -0.15) is 0 Å². The molecule has 0 aliphatic carbocycles. The van der Waals surface area contributed by atoms with Crippen molar-refractivity contribution in [2.75, 3.05) is 0 Å². The Bertz CT molecular complexity index is 309. The number of carbonyl (C=O) groups is 1. The van der Waals surface area contributed by atoms with Gasteiger partial charge < -0.3 is 0 Å². The summed E-state index contributed by atoms with van der Waals surface area (Å²) < 4.78 is 13.3. The topological polar surface area (TPSA) is 17.1 Å². The molecule has 0 saturated heterocycles. The second-order valence-corrected chi connectivity index (χ2v) is 3.38. The van der Waals surface area contributed by atoms with Crippen molar-refractivity contribution in [3.8, 4) is 0 Å². The van der Waals surface area contributed by atoms with E-state index in [0.717, 1.165) is 0 Å². The van der Waals surface area contributed by atoms with E-state index in [0.29, 0.717) is 10.0 Å². The van der Waals surface area contributed by atoms with Gasteiger partial charge in [-0.3, -0.25) is 4.79 Å². The summed E-state index contributed by atoms with van der Waals surface area (Å²) in [7, 11) is 0. The smallest absolute Gasteiger partial charge is 0.137 e. The highest BCUT2D eigenvalue weighted by Crippen LogP contribution is 2.20. The van der Waals surface area contributed by atoms with Crippen LogP contribution in [0.1, 0.15) is 12.5 Å². The second kappa shape index (κ2) is 3.81. The fourth-order valence-corrected chi connectivity index (χ4v) is 1.36. The molecule has 0 heterocycles. The zero-order chi connectivity index (χ0) is 9.14. The maximum absolute atomic E-state index is 12.9. The van der Waals surface area contributed by atoms with Crippen LogP contribution in [0.15, 0.2) is 22.7 Å². The zero-order valence-electron chi connectivity index (χ0n) is 6.60. The molecular weight excluding hydrogens is 223 g/mol. The summed E-state index contributed by atoms with van der Waals surface area (Å²) in [6.07, 6.45) is 0.276. The first-order valence-electron chi connectivity index (χ1n) is 3.53. The number of benzene rings is 1. The molecule has 1 aromatic carbocycles. The Labute approximate surface area is 78.7 Å². The van der Waals surface area contributed by atoms with Crippen molar-refractivity contribution in [1.29, 1.82) is 0 Å². The van der Waals surface area contributed by atoms with Gasteiger partial charge in [0.25, 0.3) is 0 Å². The van der Waals surface area contributed by atoms with E-state index >= 15 is 0 Å². The first-order valence-corrected chi connectivity index (χ1v) is 4.33. The van der Waals surface area contributed by atoms with Crippen LogP contribution in [0.3, 0.4) is 0 Å². The van der Waals surface area contributed by atoms with E-state index in [1.54, 1.807) is 12.1 Å². The highest BCUT2D eigenvalue weighted by Gasteiger charge is 2.06. The molecule has 0 unspecified atom stereocenters. The Hall–Kier alpha value is -0.700. The fraction of sp³-hybridized carbons (Fsp3) is 0.222. The van der Waals surface area contributed by atoms with Crippen LogP contribution in [0.5, 0.6) is 0 Å². The van der Waals surface area contributed by atoms with Crippen LogP contribution in [0.25, 0.3) is 0 Å². The lowest BCUT2D eigenvalue weighted by molar-refractivity contribution is -0.116. The van der Waals surface area contributed by atoms with E-state index in [4.69, 9.17) is 0 Å². The summed E-state index contributed by atoms with van der Waals surface area (Å²) in [5.41, 5.74) is 0.697. The summed E-state index contributed by atoms with van der Waals surface area (Å²) in [6.45, 7) is 1.48. The molecule has 1 aromatic rings. The highest BCUT2D eigenvalue weighted by molar-refractivity contribution is 9.10. The lowest BCUT2D eigenvalue weighted by Crippen LogP contribution is -1.98. The van der Waals surface area contributed by atoms with Gasteiger partial charge in [0.15, 0.2) is 0 Å². The quantitative estimate of drug-likeness (QED) is 0.764. The van der Waals surface area contributed by atoms with Crippen molar-refractivity contribution in [2.45, 2.75) is 13.3 Å². The summed E-state index contributed by atoms with van der Waals surface area (Å²) in [5.74, 6) is -0.296. The van der Waals surface area contributed by atoms with Gasteiger partial charge in [-0.05, 0) is 34.5 Å². The van der Waals surface area contributed by atoms with Gasteiger partial charge in [-0.15, -0.1) is 0 Å². The Morgan fingerprint density at radius 1 is 1.58 bits per heavy atom. The SMILES string of the molecule is CC(=O)Cc1cccc(F)c1Br. The molecule has 0 fully saturated rings. The molecule has 1 rings (SSSR count).